The molecule has 1 aromatic carbocycles. The van der Waals surface area contributed by atoms with Gasteiger partial charge in [-0.2, -0.15) is 0 Å². The average molecular weight is 338 g/mol. The molecule has 1 fully saturated rings. The first-order valence-corrected chi connectivity index (χ1v) is 7.14. The standard InChI is InChI=1S/C14H15FN4O3S/c1-16-11(20)7-10-13(22)18(2)14(23)19(10)17-12(21)8-3-5-9(15)6-4-8/h3-6,10H,7H2,1-2H3,(H,16,20)(H,17,21). The van der Waals surface area contributed by atoms with Crippen molar-refractivity contribution in [3.63, 3.8) is 0 Å². The maximum atomic E-state index is 12.9. The number of nitrogens with one attached hydrogen (secondary N) is 2. The Kier molecular flexibility index (Phi) is 4.89. The van der Waals surface area contributed by atoms with Crippen LogP contribution in [0.2, 0.25) is 0 Å². The van der Waals surface area contributed by atoms with Gasteiger partial charge in [0.15, 0.2) is 5.11 Å². The van der Waals surface area contributed by atoms with Crippen LogP contribution in [0.3, 0.4) is 0 Å². The van der Waals surface area contributed by atoms with Gasteiger partial charge in [0.1, 0.15) is 11.9 Å². The number of benzene rings is 1. The second kappa shape index (κ2) is 6.69. The first-order chi connectivity index (χ1) is 10.8. The Balaban J connectivity index is 2.18. The third kappa shape index (κ3) is 3.45. The van der Waals surface area contributed by atoms with Gasteiger partial charge in [0.05, 0.1) is 6.42 Å². The summed E-state index contributed by atoms with van der Waals surface area (Å²) in [6, 6.07) is 4.00. The third-order valence-electron chi connectivity index (χ3n) is 3.41. The fraction of sp³-hybridized carbons (Fsp3) is 0.286. The molecule has 1 atom stereocenters. The fourth-order valence-corrected chi connectivity index (χ4v) is 2.34. The van der Waals surface area contributed by atoms with Crippen LogP contribution in [0, 0.1) is 5.82 Å². The summed E-state index contributed by atoms with van der Waals surface area (Å²) in [5, 5.41) is 3.68. The second-order valence-corrected chi connectivity index (χ2v) is 5.26. The minimum Gasteiger partial charge on any atom is -0.359 e. The number of carbonyl (C=O) groups excluding carboxylic acids is 3. The summed E-state index contributed by atoms with van der Waals surface area (Å²) < 4.78 is 12.9. The van der Waals surface area contributed by atoms with Gasteiger partial charge < -0.3 is 5.32 Å². The summed E-state index contributed by atoms with van der Waals surface area (Å²) in [5.41, 5.74) is 2.70. The number of hydrogen-bond donors (Lipinski definition) is 2. The predicted molar refractivity (Wildman–Crippen MR) is 83.5 cm³/mol. The van der Waals surface area contributed by atoms with Crippen molar-refractivity contribution in [1.82, 2.24) is 20.7 Å². The van der Waals surface area contributed by atoms with Gasteiger partial charge in [-0.25, -0.2) is 9.40 Å². The van der Waals surface area contributed by atoms with Gasteiger partial charge in [0, 0.05) is 19.7 Å². The summed E-state index contributed by atoms with van der Waals surface area (Å²) in [6.07, 6.45) is -0.149. The Bertz CT molecular complexity index is 664. The first kappa shape index (κ1) is 16.8. The lowest BCUT2D eigenvalue weighted by atomic mass is 10.2. The van der Waals surface area contributed by atoms with Gasteiger partial charge >= 0.3 is 0 Å². The van der Waals surface area contributed by atoms with Crippen LogP contribution in [0.4, 0.5) is 4.39 Å². The molecule has 0 aromatic heterocycles. The Labute approximate surface area is 137 Å². The fourth-order valence-electron chi connectivity index (χ4n) is 2.08. The zero-order valence-electron chi connectivity index (χ0n) is 12.5. The summed E-state index contributed by atoms with van der Waals surface area (Å²) in [7, 11) is 2.91. The zero-order valence-corrected chi connectivity index (χ0v) is 13.3. The maximum absolute atomic E-state index is 12.9. The summed E-state index contributed by atoms with van der Waals surface area (Å²) >= 11 is 5.12. The lowest BCUT2D eigenvalue weighted by molar-refractivity contribution is -0.131. The molecular formula is C14H15FN4O3S. The average Bonchev–Trinajstić information content (AvgIpc) is 2.73. The maximum Gasteiger partial charge on any atom is 0.269 e. The Morgan fingerprint density at radius 1 is 1.30 bits per heavy atom. The number of hydrogen-bond acceptors (Lipinski definition) is 4. The number of carbonyl (C=O) groups is 3. The molecule has 0 aliphatic carbocycles. The molecule has 9 heteroatoms. The van der Waals surface area contributed by atoms with Gasteiger partial charge in [0.2, 0.25) is 5.91 Å². The highest BCUT2D eigenvalue weighted by molar-refractivity contribution is 7.80. The number of thiocarbonyl (C=S) groups is 1. The lowest BCUT2D eigenvalue weighted by Crippen LogP contribution is -2.49. The number of amides is 3. The van der Waals surface area contributed by atoms with Crippen molar-refractivity contribution in [2.24, 2.45) is 0 Å². The molecule has 23 heavy (non-hydrogen) atoms. The number of hydrazine groups is 1. The molecule has 7 nitrogen and oxygen atoms in total. The van der Waals surface area contributed by atoms with Crippen LogP contribution < -0.4 is 10.7 Å². The lowest BCUT2D eigenvalue weighted by Gasteiger charge is -2.23. The number of halogens is 1. The summed E-state index contributed by atoms with van der Waals surface area (Å²) in [4.78, 5) is 37.1. The number of likely N-dealkylation sites (N-methyl/N-ethyl adjacent to an activating group) is 1. The highest BCUT2D eigenvalue weighted by atomic mass is 32.1. The number of rotatable bonds is 4. The van der Waals surface area contributed by atoms with E-state index in [2.05, 4.69) is 10.7 Å². The van der Waals surface area contributed by atoms with Crippen molar-refractivity contribution in [1.29, 1.82) is 0 Å². The summed E-state index contributed by atoms with van der Waals surface area (Å²) in [5.74, 6) is -1.77. The Hall–Kier alpha value is -2.55. The zero-order chi connectivity index (χ0) is 17.1. The van der Waals surface area contributed by atoms with Gasteiger partial charge in [0.25, 0.3) is 11.8 Å². The smallest absolute Gasteiger partial charge is 0.269 e. The van der Waals surface area contributed by atoms with Crippen LogP contribution in [-0.2, 0) is 9.59 Å². The second-order valence-electron chi connectivity index (χ2n) is 4.89. The van der Waals surface area contributed by atoms with Crippen molar-refractivity contribution in [3.8, 4) is 0 Å². The number of nitrogens with zero attached hydrogens (tertiary/aromatic N) is 2. The highest BCUT2D eigenvalue weighted by Crippen LogP contribution is 2.17. The van der Waals surface area contributed by atoms with E-state index in [1.807, 2.05) is 0 Å². The van der Waals surface area contributed by atoms with E-state index < -0.39 is 23.7 Å². The minimum absolute atomic E-state index is 0.0827. The van der Waals surface area contributed by atoms with Gasteiger partial charge in [-0.1, -0.05) is 0 Å². The van der Waals surface area contributed by atoms with Gasteiger partial charge in [-0.05, 0) is 36.5 Å². The molecule has 2 rings (SSSR count). The predicted octanol–water partition coefficient (Wildman–Crippen LogP) is 0.0341. The molecule has 3 amide bonds. The monoisotopic (exact) mass is 338 g/mol. The van der Waals surface area contributed by atoms with E-state index in [1.54, 1.807) is 0 Å². The molecule has 0 bridgehead atoms. The van der Waals surface area contributed by atoms with Crippen LogP contribution in [0.5, 0.6) is 0 Å². The van der Waals surface area contributed by atoms with Crippen molar-refractivity contribution in [2.75, 3.05) is 14.1 Å². The van der Waals surface area contributed by atoms with Gasteiger partial charge in [-0.15, -0.1) is 0 Å². The topological polar surface area (TPSA) is 81.8 Å². The minimum atomic E-state index is -0.920. The molecule has 1 aliphatic heterocycles. The molecule has 1 heterocycles. The van der Waals surface area contributed by atoms with Crippen LogP contribution in [-0.4, -0.2) is 52.9 Å². The molecule has 1 aromatic rings. The van der Waals surface area contributed by atoms with Crippen molar-refractivity contribution in [3.05, 3.63) is 35.6 Å². The van der Waals surface area contributed by atoms with Gasteiger partial charge in [-0.3, -0.25) is 24.7 Å². The normalized spacial score (nSPS) is 17.4. The molecule has 0 radical (unpaired) electrons. The van der Waals surface area contributed by atoms with E-state index in [4.69, 9.17) is 12.2 Å². The van der Waals surface area contributed by atoms with Crippen LogP contribution >= 0.6 is 12.2 Å². The molecule has 122 valence electrons. The Morgan fingerprint density at radius 2 is 1.91 bits per heavy atom. The summed E-state index contributed by atoms with van der Waals surface area (Å²) in [6.45, 7) is 0. The molecule has 1 saturated heterocycles. The van der Waals surface area contributed by atoms with Crippen molar-refractivity contribution in [2.45, 2.75) is 12.5 Å². The SMILES string of the molecule is CNC(=O)CC1C(=O)N(C)C(=S)N1NC(=O)c1ccc(F)cc1. The van der Waals surface area contributed by atoms with E-state index in [0.29, 0.717) is 0 Å². The highest BCUT2D eigenvalue weighted by Gasteiger charge is 2.42. The molecule has 1 aliphatic rings. The first-order valence-electron chi connectivity index (χ1n) is 6.73. The van der Waals surface area contributed by atoms with E-state index in [-0.39, 0.29) is 23.0 Å². The third-order valence-corrected chi connectivity index (χ3v) is 3.88. The molecular weight excluding hydrogens is 323 g/mol. The molecule has 1 unspecified atom stereocenters. The quantitative estimate of drug-likeness (QED) is 0.758. The Morgan fingerprint density at radius 3 is 2.48 bits per heavy atom. The van der Waals surface area contributed by atoms with E-state index in [1.165, 1.54) is 36.1 Å². The van der Waals surface area contributed by atoms with E-state index in [9.17, 15) is 18.8 Å². The van der Waals surface area contributed by atoms with E-state index in [0.717, 1.165) is 12.1 Å². The van der Waals surface area contributed by atoms with Crippen LogP contribution in [0.15, 0.2) is 24.3 Å². The van der Waals surface area contributed by atoms with Crippen molar-refractivity contribution >= 4 is 35.1 Å². The van der Waals surface area contributed by atoms with Crippen LogP contribution in [0.1, 0.15) is 16.8 Å². The molecule has 0 saturated carbocycles. The van der Waals surface area contributed by atoms with E-state index >= 15 is 0 Å². The van der Waals surface area contributed by atoms with Crippen molar-refractivity contribution < 1.29 is 18.8 Å². The molecule has 2 N–H and O–H groups in total. The van der Waals surface area contributed by atoms with Crippen LogP contribution in [0.25, 0.3) is 0 Å². The largest absolute Gasteiger partial charge is 0.359 e. The molecule has 0 spiro atoms.